The van der Waals surface area contributed by atoms with Gasteiger partial charge in [0.1, 0.15) is 5.75 Å². The zero-order valence-corrected chi connectivity index (χ0v) is 11.7. The average Bonchev–Trinajstić information content (AvgIpc) is 3.25. The summed E-state index contributed by atoms with van der Waals surface area (Å²) in [6.45, 7) is 2.01. The molecule has 2 N–H and O–H groups in total. The first-order valence-corrected chi connectivity index (χ1v) is 6.63. The topological polar surface area (TPSA) is 75.6 Å². The quantitative estimate of drug-likeness (QED) is 0.831. The Morgan fingerprint density at radius 3 is 2.40 bits per heavy atom. The van der Waals surface area contributed by atoms with Gasteiger partial charge in [-0.25, -0.2) is 0 Å². The Morgan fingerprint density at radius 2 is 1.95 bits per heavy atom. The van der Waals surface area contributed by atoms with Crippen LogP contribution in [0.25, 0.3) is 0 Å². The van der Waals surface area contributed by atoms with E-state index in [0.717, 1.165) is 11.3 Å². The van der Waals surface area contributed by atoms with Gasteiger partial charge >= 0.3 is 5.97 Å². The molecule has 1 aliphatic carbocycles. The van der Waals surface area contributed by atoms with Crippen LogP contribution in [0.15, 0.2) is 24.3 Å². The van der Waals surface area contributed by atoms with Crippen molar-refractivity contribution in [3.63, 3.8) is 0 Å². The zero-order chi connectivity index (χ0) is 14.8. The van der Waals surface area contributed by atoms with Crippen LogP contribution >= 0.6 is 0 Å². The number of carbonyl (C=O) groups excluding carboxylic acids is 1. The fraction of sp³-hybridized carbons (Fsp3) is 0.467. The molecular formula is C15H19NO4. The van der Waals surface area contributed by atoms with Gasteiger partial charge in [-0.2, -0.15) is 0 Å². The van der Waals surface area contributed by atoms with Crippen LogP contribution in [-0.2, 0) is 9.59 Å². The third-order valence-corrected chi connectivity index (χ3v) is 3.92. The maximum Gasteiger partial charge on any atom is 0.311 e. The van der Waals surface area contributed by atoms with Crippen LogP contribution in [0.2, 0.25) is 0 Å². The van der Waals surface area contributed by atoms with E-state index in [9.17, 15) is 9.59 Å². The van der Waals surface area contributed by atoms with Gasteiger partial charge in [-0.1, -0.05) is 12.1 Å². The first-order chi connectivity index (χ1) is 9.48. The molecule has 108 valence electrons. The molecule has 0 aromatic heterocycles. The number of ether oxygens (including phenoxy) is 1. The minimum Gasteiger partial charge on any atom is -0.497 e. The molecular weight excluding hydrogens is 258 g/mol. The molecule has 1 aromatic rings. The maximum atomic E-state index is 12.1. The first kappa shape index (κ1) is 14.4. The van der Waals surface area contributed by atoms with E-state index in [1.807, 2.05) is 12.1 Å². The van der Waals surface area contributed by atoms with Crippen molar-refractivity contribution in [1.29, 1.82) is 0 Å². The Labute approximate surface area is 117 Å². The van der Waals surface area contributed by atoms with Crippen molar-refractivity contribution in [3.8, 4) is 5.75 Å². The van der Waals surface area contributed by atoms with E-state index in [2.05, 4.69) is 5.32 Å². The minimum atomic E-state index is -0.824. The molecule has 1 fully saturated rings. The van der Waals surface area contributed by atoms with Gasteiger partial charge in [0.2, 0.25) is 5.91 Å². The summed E-state index contributed by atoms with van der Waals surface area (Å²) in [4.78, 5) is 23.1. The summed E-state index contributed by atoms with van der Waals surface area (Å²) in [7, 11) is 1.59. The summed E-state index contributed by atoms with van der Waals surface area (Å²) < 4.78 is 5.07. The number of hydrogen-bond acceptors (Lipinski definition) is 3. The summed E-state index contributed by atoms with van der Waals surface area (Å²) >= 11 is 0. The van der Waals surface area contributed by atoms with Gasteiger partial charge in [0, 0.05) is 6.54 Å². The normalized spacial score (nSPS) is 17.1. The van der Waals surface area contributed by atoms with Crippen LogP contribution in [0.5, 0.6) is 5.75 Å². The molecule has 1 aliphatic rings. The lowest BCUT2D eigenvalue weighted by Gasteiger charge is -2.15. The molecule has 0 radical (unpaired) electrons. The molecule has 0 saturated heterocycles. The molecule has 20 heavy (non-hydrogen) atoms. The molecule has 1 unspecified atom stereocenters. The van der Waals surface area contributed by atoms with Crippen molar-refractivity contribution in [1.82, 2.24) is 5.32 Å². The number of methoxy groups -OCH3 is 1. The second-order valence-electron chi connectivity index (χ2n) is 5.30. The Bertz CT molecular complexity index is 505. The predicted molar refractivity (Wildman–Crippen MR) is 73.7 cm³/mol. The number of amides is 1. The average molecular weight is 277 g/mol. The van der Waals surface area contributed by atoms with Gasteiger partial charge in [0.05, 0.1) is 18.4 Å². The zero-order valence-electron chi connectivity index (χ0n) is 11.7. The van der Waals surface area contributed by atoms with Crippen molar-refractivity contribution in [3.05, 3.63) is 29.8 Å². The molecule has 0 heterocycles. The molecule has 1 atom stereocenters. The van der Waals surface area contributed by atoms with Gasteiger partial charge in [-0.3, -0.25) is 9.59 Å². The Morgan fingerprint density at radius 1 is 1.35 bits per heavy atom. The third-order valence-electron chi connectivity index (χ3n) is 3.92. The van der Waals surface area contributed by atoms with Gasteiger partial charge in [0.25, 0.3) is 0 Å². The number of carboxylic acids is 1. The number of carboxylic acid groups (broad SMARTS) is 1. The summed E-state index contributed by atoms with van der Waals surface area (Å²) in [6, 6.07) is 7.29. The Hall–Kier alpha value is -2.04. The van der Waals surface area contributed by atoms with E-state index in [1.165, 1.54) is 0 Å². The largest absolute Gasteiger partial charge is 0.497 e. The van der Waals surface area contributed by atoms with Crippen LogP contribution in [0.4, 0.5) is 0 Å². The number of nitrogens with one attached hydrogen (secondary N) is 1. The molecule has 0 bridgehead atoms. The van der Waals surface area contributed by atoms with E-state index >= 15 is 0 Å². The number of hydrogen-bond donors (Lipinski definition) is 2. The number of aliphatic carboxylic acids is 1. The van der Waals surface area contributed by atoms with Crippen LogP contribution in [0.1, 0.15) is 31.2 Å². The highest BCUT2D eigenvalue weighted by atomic mass is 16.5. The summed E-state index contributed by atoms with van der Waals surface area (Å²) in [5, 5.41) is 11.8. The summed E-state index contributed by atoms with van der Waals surface area (Å²) in [6.07, 6.45) is 1.28. The van der Waals surface area contributed by atoms with Crippen LogP contribution < -0.4 is 10.1 Å². The lowest BCUT2D eigenvalue weighted by molar-refractivity contribution is -0.143. The van der Waals surface area contributed by atoms with Crippen LogP contribution in [0, 0.1) is 5.41 Å². The van der Waals surface area contributed by atoms with Gasteiger partial charge in [-0.15, -0.1) is 0 Å². The van der Waals surface area contributed by atoms with E-state index in [1.54, 1.807) is 26.2 Å². The fourth-order valence-corrected chi connectivity index (χ4v) is 2.07. The summed E-state index contributed by atoms with van der Waals surface area (Å²) in [5.41, 5.74) is 0.151. The Balaban J connectivity index is 1.93. The number of carbonyl (C=O) groups is 2. The van der Waals surface area contributed by atoms with Crippen LogP contribution in [0.3, 0.4) is 0 Å². The van der Waals surface area contributed by atoms with Gasteiger partial charge < -0.3 is 15.2 Å². The summed E-state index contributed by atoms with van der Waals surface area (Å²) in [5.74, 6) is -0.549. The minimum absolute atomic E-state index is 0.150. The molecule has 0 aliphatic heterocycles. The second kappa shape index (κ2) is 5.53. The number of rotatable bonds is 6. The Kier molecular flexibility index (Phi) is 3.97. The smallest absolute Gasteiger partial charge is 0.311 e. The first-order valence-electron chi connectivity index (χ1n) is 6.63. The van der Waals surface area contributed by atoms with Crippen LogP contribution in [-0.4, -0.2) is 30.6 Å². The lowest BCUT2D eigenvalue weighted by atomic mass is 9.99. The molecule has 0 spiro atoms. The predicted octanol–water partition coefficient (Wildman–Crippen LogP) is 1.78. The second-order valence-corrected chi connectivity index (χ2v) is 5.30. The molecule has 1 aromatic carbocycles. The van der Waals surface area contributed by atoms with Gasteiger partial charge in [-0.05, 0) is 37.5 Å². The highest BCUT2D eigenvalue weighted by Gasteiger charge is 2.50. The molecule has 5 heteroatoms. The molecule has 5 nitrogen and oxygen atoms in total. The van der Waals surface area contributed by atoms with Crippen molar-refractivity contribution in [2.45, 2.75) is 25.7 Å². The maximum absolute atomic E-state index is 12.1. The number of benzene rings is 1. The van der Waals surface area contributed by atoms with E-state index in [0.29, 0.717) is 12.8 Å². The SMILES string of the molecule is COc1ccc(C(C)C(=O)NCC2(C(=O)O)CC2)cc1. The fourth-order valence-electron chi connectivity index (χ4n) is 2.07. The van der Waals surface area contributed by atoms with E-state index < -0.39 is 11.4 Å². The van der Waals surface area contributed by atoms with E-state index in [4.69, 9.17) is 9.84 Å². The van der Waals surface area contributed by atoms with Crippen molar-refractivity contribution in [2.75, 3.05) is 13.7 Å². The molecule has 2 rings (SSSR count). The highest BCUT2D eigenvalue weighted by Crippen LogP contribution is 2.45. The third kappa shape index (κ3) is 2.92. The molecule has 1 amide bonds. The van der Waals surface area contributed by atoms with E-state index in [-0.39, 0.29) is 18.4 Å². The highest BCUT2D eigenvalue weighted by molar-refractivity contribution is 5.85. The standard InChI is InChI=1S/C15H19NO4/c1-10(11-3-5-12(20-2)6-4-11)13(17)16-9-15(7-8-15)14(18)19/h3-6,10H,7-9H2,1-2H3,(H,16,17)(H,18,19). The monoisotopic (exact) mass is 277 g/mol. The van der Waals surface area contributed by atoms with Gasteiger partial charge in [0.15, 0.2) is 0 Å². The molecule has 1 saturated carbocycles. The van der Waals surface area contributed by atoms with Crippen molar-refractivity contribution in [2.24, 2.45) is 5.41 Å². The van der Waals surface area contributed by atoms with Crippen molar-refractivity contribution >= 4 is 11.9 Å². The van der Waals surface area contributed by atoms with Crippen molar-refractivity contribution < 1.29 is 19.4 Å². The lowest BCUT2D eigenvalue weighted by Crippen LogP contribution is -2.36.